The van der Waals surface area contributed by atoms with Gasteiger partial charge in [0.15, 0.2) is 0 Å². The number of carbonyl (C=O) groups is 1. The molecule has 1 fully saturated rings. The lowest BCUT2D eigenvalue weighted by Gasteiger charge is -2.32. The molecule has 1 aromatic rings. The molecule has 6 nitrogen and oxygen atoms in total. The zero-order chi connectivity index (χ0) is 14.6. The molecular formula is C14H24N4O2. The Labute approximate surface area is 119 Å². The minimum Gasteiger partial charge on any atom is -0.387 e. The van der Waals surface area contributed by atoms with Crippen molar-refractivity contribution in [3.05, 3.63) is 17.5 Å². The van der Waals surface area contributed by atoms with E-state index >= 15 is 0 Å². The Balaban J connectivity index is 1.94. The molecule has 3 N–H and O–H groups in total. The molecule has 1 aliphatic rings. The molecule has 1 aromatic heterocycles. The van der Waals surface area contributed by atoms with Crippen LogP contribution < -0.4 is 10.6 Å². The van der Waals surface area contributed by atoms with Crippen molar-refractivity contribution in [2.75, 3.05) is 19.6 Å². The van der Waals surface area contributed by atoms with Crippen molar-refractivity contribution in [2.24, 2.45) is 0 Å². The highest BCUT2D eigenvalue weighted by molar-refractivity contribution is 5.95. The molecule has 1 saturated heterocycles. The van der Waals surface area contributed by atoms with Gasteiger partial charge in [0.05, 0.1) is 17.4 Å². The summed E-state index contributed by atoms with van der Waals surface area (Å²) in [6.45, 7) is 6.52. The van der Waals surface area contributed by atoms with Crippen LogP contribution in [0, 0.1) is 6.92 Å². The molecular weight excluding hydrogens is 256 g/mol. The summed E-state index contributed by atoms with van der Waals surface area (Å²) in [5.41, 5.74) is 0.630. The van der Waals surface area contributed by atoms with E-state index in [4.69, 9.17) is 0 Å². The number of amides is 1. The molecule has 1 unspecified atom stereocenters. The molecule has 0 aromatic carbocycles. The molecule has 2 rings (SSSR count). The lowest BCUT2D eigenvalue weighted by molar-refractivity contribution is 0.0170. The molecule has 0 aliphatic carbocycles. The summed E-state index contributed by atoms with van der Waals surface area (Å²) in [5, 5.41) is 20.5. The average Bonchev–Trinajstić information content (AvgIpc) is 2.79. The van der Waals surface area contributed by atoms with Gasteiger partial charge in [0.25, 0.3) is 5.91 Å². The van der Waals surface area contributed by atoms with E-state index in [0.717, 1.165) is 31.6 Å². The number of carbonyl (C=O) groups excluding carboxylic acids is 1. The highest BCUT2D eigenvalue weighted by Crippen LogP contribution is 2.15. The van der Waals surface area contributed by atoms with Crippen LogP contribution in [0.2, 0.25) is 0 Å². The van der Waals surface area contributed by atoms with Gasteiger partial charge in [-0.3, -0.25) is 9.48 Å². The highest BCUT2D eigenvalue weighted by atomic mass is 16.3. The summed E-state index contributed by atoms with van der Waals surface area (Å²) < 4.78 is 1.84. The largest absolute Gasteiger partial charge is 0.387 e. The molecule has 2 heterocycles. The number of nitrogens with one attached hydrogen (secondary N) is 2. The second-order valence-electron chi connectivity index (χ2n) is 5.55. The van der Waals surface area contributed by atoms with Gasteiger partial charge in [0, 0.05) is 25.3 Å². The summed E-state index contributed by atoms with van der Waals surface area (Å²) in [6.07, 6.45) is 4.23. The normalized spacial score (nSPS) is 22.8. The van der Waals surface area contributed by atoms with E-state index in [2.05, 4.69) is 22.7 Å². The molecule has 1 amide bonds. The molecule has 1 aliphatic heterocycles. The van der Waals surface area contributed by atoms with Gasteiger partial charge < -0.3 is 15.7 Å². The summed E-state index contributed by atoms with van der Waals surface area (Å²) in [6, 6.07) is 0. The third-order valence-electron chi connectivity index (χ3n) is 3.81. The Morgan fingerprint density at radius 3 is 3.10 bits per heavy atom. The van der Waals surface area contributed by atoms with E-state index in [-0.39, 0.29) is 12.5 Å². The predicted molar refractivity (Wildman–Crippen MR) is 76.6 cm³/mol. The molecule has 0 spiro atoms. The van der Waals surface area contributed by atoms with Crippen molar-refractivity contribution in [1.29, 1.82) is 0 Å². The van der Waals surface area contributed by atoms with Gasteiger partial charge >= 0.3 is 0 Å². The summed E-state index contributed by atoms with van der Waals surface area (Å²) in [7, 11) is 0. The van der Waals surface area contributed by atoms with Crippen molar-refractivity contribution >= 4 is 5.91 Å². The Hall–Kier alpha value is -1.40. The van der Waals surface area contributed by atoms with E-state index in [1.165, 1.54) is 0 Å². The maximum Gasteiger partial charge on any atom is 0.254 e. The number of aromatic nitrogens is 2. The average molecular weight is 280 g/mol. The predicted octanol–water partition coefficient (Wildman–Crippen LogP) is 0.446. The fourth-order valence-corrected chi connectivity index (χ4v) is 2.55. The Morgan fingerprint density at radius 1 is 1.65 bits per heavy atom. The summed E-state index contributed by atoms with van der Waals surface area (Å²) in [4.78, 5) is 12.2. The first kappa shape index (κ1) is 15.0. The minimum absolute atomic E-state index is 0.163. The molecule has 112 valence electrons. The van der Waals surface area contributed by atoms with Crippen LogP contribution in [-0.4, -0.2) is 46.0 Å². The Kier molecular flexibility index (Phi) is 4.77. The number of β-amino-alcohol motifs (C(OH)–C–C–N with tert-alkyl or cyclic N) is 1. The van der Waals surface area contributed by atoms with E-state index in [1.807, 2.05) is 11.6 Å². The van der Waals surface area contributed by atoms with Crippen LogP contribution in [0.4, 0.5) is 0 Å². The van der Waals surface area contributed by atoms with Crippen LogP contribution in [0.5, 0.6) is 0 Å². The molecule has 0 radical (unpaired) electrons. The van der Waals surface area contributed by atoms with Crippen LogP contribution in [0.25, 0.3) is 0 Å². The maximum atomic E-state index is 12.2. The van der Waals surface area contributed by atoms with Gasteiger partial charge in [-0.1, -0.05) is 6.92 Å². The number of hydrogen-bond acceptors (Lipinski definition) is 4. The lowest BCUT2D eigenvalue weighted by Crippen LogP contribution is -2.52. The zero-order valence-corrected chi connectivity index (χ0v) is 12.3. The highest BCUT2D eigenvalue weighted by Gasteiger charge is 2.29. The molecule has 1 atom stereocenters. The number of nitrogens with zero attached hydrogens (tertiary/aromatic N) is 2. The third kappa shape index (κ3) is 3.37. The minimum atomic E-state index is -0.832. The lowest BCUT2D eigenvalue weighted by atomic mass is 9.94. The Morgan fingerprint density at radius 2 is 2.45 bits per heavy atom. The van der Waals surface area contributed by atoms with Crippen LogP contribution in [0.1, 0.15) is 42.2 Å². The summed E-state index contributed by atoms with van der Waals surface area (Å²) in [5.74, 6) is -0.163. The van der Waals surface area contributed by atoms with Gasteiger partial charge in [-0.15, -0.1) is 0 Å². The zero-order valence-electron chi connectivity index (χ0n) is 12.3. The second-order valence-corrected chi connectivity index (χ2v) is 5.55. The van der Waals surface area contributed by atoms with Crippen LogP contribution in [-0.2, 0) is 6.54 Å². The molecule has 6 heteroatoms. The standard InChI is InChI=1S/C14H24N4O2/c1-3-7-18-11(2)12(8-17-18)13(19)16-10-14(20)5-4-6-15-9-14/h8,15,20H,3-7,9-10H2,1-2H3,(H,16,19). The van der Waals surface area contributed by atoms with Crippen molar-refractivity contribution in [3.63, 3.8) is 0 Å². The van der Waals surface area contributed by atoms with E-state index in [0.29, 0.717) is 18.5 Å². The van der Waals surface area contributed by atoms with Gasteiger partial charge in [-0.2, -0.15) is 5.10 Å². The van der Waals surface area contributed by atoms with Gasteiger partial charge in [0.1, 0.15) is 0 Å². The third-order valence-corrected chi connectivity index (χ3v) is 3.81. The fourth-order valence-electron chi connectivity index (χ4n) is 2.55. The van der Waals surface area contributed by atoms with Crippen molar-refractivity contribution in [2.45, 2.75) is 45.3 Å². The van der Waals surface area contributed by atoms with Crippen molar-refractivity contribution in [1.82, 2.24) is 20.4 Å². The number of aryl methyl sites for hydroxylation is 1. The van der Waals surface area contributed by atoms with Gasteiger partial charge in [-0.05, 0) is 32.7 Å². The van der Waals surface area contributed by atoms with Crippen LogP contribution in [0.3, 0.4) is 0 Å². The first-order valence-electron chi connectivity index (χ1n) is 7.29. The molecule has 0 saturated carbocycles. The van der Waals surface area contributed by atoms with E-state index < -0.39 is 5.60 Å². The van der Waals surface area contributed by atoms with Gasteiger partial charge in [0.2, 0.25) is 0 Å². The first-order chi connectivity index (χ1) is 9.56. The van der Waals surface area contributed by atoms with Crippen LogP contribution in [0.15, 0.2) is 6.20 Å². The fraction of sp³-hybridized carbons (Fsp3) is 0.714. The second kappa shape index (κ2) is 6.37. The monoisotopic (exact) mass is 280 g/mol. The molecule has 0 bridgehead atoms. The number of aliphatic hydroxyl groups is 1. The van der Waals surface area contributed by atoms with Crippen molar-refractivity contribution in [3.8, 4) is 0 Å². The van der Waals surface area contributed by atoms with Gasteiger partial charge in [-0.25, -0.2) is 0 Å². The maximum absolute atomic E-state index is 12.2. The van der Waals surface area contributed by atoms with Crippen LogP contribution >= 0.6 is 0 Å². The Bertz CT molecular complexity index is 464. The smallest absolute Gasteiger partial charge is 0.254 e. The molecule has 20 heavy (non-hydrogen) atoms. The number of piperidine rings is 1. The topological polar surface area (TPSA) is 79.2 Å². The quantitative estimate of drug-likeness (QED) is 0.731. The summed E-state index contributed by atoms with van der Waals surface area (Å²) >= 11 is 0. The van der Waals surface area contributed by atoms with E-state index in [9.17, 15) is 9.90 Å². The first-order valence-corrected chi connectivity index (χ1v) is 7.29. The van der Waals surface area contributed by atoms with E-state index in [1.54, 1.807) is 6.20 Å². The SMILES string of the molecule is CCCn1ncc(C(=O)NCC2(O)CCCNC2)c1C. The number of hydrogen-bond donors (Lipinski definition) is 3. The number of rotatable bonds is 5. The van der Waals surface area contributed by atoms with Crippen molar-refractivity contribution < 1.29 is 9.90 Å².